The van der Waals surface area contributed by atoms with E-state index in [0.717, 1.165) is 17.4 Å². The van der Waals surface area contributed by atoms with Crippen LogP contribution in [0.25, 0.3) is 10.9 Å². The van der Waals surface area contributed by atoms with Crippen molar-refractivity contribution in [2.24, 2.45) is 0 Å². The lowest BCUT2D eigenvalue weighted by atomic mass is 10.1. The number of nitrogens with one attached hydrogen (secondary N) is 1. The number of carbonyl (C=O) groups excluding carboxylic acids is 1. The van der Waals surface area contributed by atoms with Gasteiger partial charge in [-0.3, -0.25) is 4.79 Å². The minimum Gasteiger partial charge on any atom is -0.383 e. The molecule has 1 aromatic carbocycles. The summed E-state index contributed by atoms with van der Waals surface area (Å²) in [5.74, 6) is -0.0353. The number of nitrogens with zero attached hydrogens (tertiary/aromatic N) is 1. The molecule has 23 heavy (non-hydrogen) atoms. The fourth-order valence-electron chi connectivity index (χ4n) is 2.90. The van der Waals surface area contributed by atoms with E-state index in [1.165, 1.54) is 0 Å². The van der Waals surface area contributed by atoms with Gasteiger partial charge < -0.3 is 14.6 Å². The highest BCUT2D eigenvalue weighted by Crippen LogP contribution is 2.19. The summed E-state index contributed by atoms with van der Waals surface area (Å²) in [4.78, 5) is 12.3. The smallest absolute Gasteiger partial charge is 0.251 e. The normalized spacial score (nSPS) is 20.0. The largest absolute Gasteiger partial charge is 0.383 e. The number of amides is 1. The highest BCUT2D eigenvalue weighted by molar-refractivity contribution is 7.91. The molecular formula is C16H20N2O4S. The number of carbonyl (C=O) groups is 1. The van der Waals surface area contributed by atoms with Gasteiger partial charge in [0.05, 0.1) is 18.1 Å². The Balaban J connectivity index is 1.74. The van der Waals surface area contributed by atoms with Gasteiger partial charge in [0.25, 0.3) is 5.91 Å². The lowest BCUT2D eigenvalue weighted by Gasteiger charge is -2.11. The molecule has 124 valence electrons. The molecule has 1 N–H and O–H groups in total. The Hall–Kier alpha value is -1.86. The minimum absolute atomic E-state index is 0.0361. The Morgan fingerprint density at radius 3 is 2.91 bits per heavy atom. The van der Waals surface area contributed by atoms with E-state index in [1.54, 1.807) is 13.2 Å². The lowest BCUT2D eigenvalue weighted by molar-refractivity contribution is 0.0941. The first kappa shape index (κ1) is 16.0. The van der Waals surface area contributed by atoms with Crippen molar-refractivity contribution in [3.63, 3.8) is 0 Å². The van der Waals surface area contributed by atoms with Gasteiger partial charge in [0.2, 0.25) is 0 Å². The quantitative estimate of drug-likeness (QED) is 0.890. The maximum Gasteiger partial charge on any atom is 0.251 e. The molecule has 1 amide bonds. The first-order valence-corrected chi connectivity index (χ1v) is 9.40. The van der Waals surface area contributed by atoms with Crippen molar-refractivity contribution in [1.82, 2.24) is 9.88 Å². The van der Waals surface area contributed by atoms with E-state index in [2.05, 4.69) is 9.88 Å². The molecule has 1 saturated heterocycles. The standard InChI is InChI=1S/C16H20N2O4S/c1-22-8-7-18-6-4-12-10-13(2-3-15(12)18)16(19)17-14-5-9-23(20,21)11-14/h2-4,6,10,14H,5,7-9,11H2,1H3,(H,17,19). The van der Waals surface area contributed by atoms with Crippen LogP contribution in [0, 0.1) is 0 Å². The molecule has 1 aliphatic heterocycles. The molecule has 3 rings (SSSR count). The number of hydrogen-bond acceptors (Lipinski definition) is 4. The van der Waals surface area contributed by atoms with Gasteiger partial charge in [-0.05, 0) is 30.7 Å². The minimum atomic E-state index is -2.99. The molecule has 1 atom stereocenters. The molecule has 1 fully saturated rings. The van der Waals surface area contributed by atoms with E-state index in [1.807, 2.05) is 24.4 Å². The first-order valence-electron chi connectivity index (χ1n) is 7.57. The Labute approximate surface area is 135 Å². The third kappa shape index (κ3) is 3.56. The Morgan fingerprint density at radius 2 is 2.22 bits per heavy atom. The van der Waals surface area contributed by atoms with E-state index in [9.17, 15) is 13.2 Å². The molecule has 0 radical (unpaired) electrons. The van der Waals surface area contributed by atoms with Crippen molar-refractivity contribution in [2.45, 2.75) is 19.0 Å². The monoisotopic (exact) mass is 336 g/mol. The number of methoxy groups -OCH3 is 1. The van der Waals surface area contributed by atoms with Gasteiger partial charge in [-0.25, -0.2) is 8.42 Å². The van der Waals surface area contributed by atoms with E-state index in [4.69, 9.17) is 4.74 Å². The average Bonchev–Trinajstić information content (AvgIpc) is 3.07. The summed E-state index contributed by atoms with van der Waals surface area (Å²) in [6.45, 7) is 1.38. The van der Waals surface area contributed by atoms with Crippen molar-refractivity contribution >= 4 is 26.6 Å². The molecular weight excluding hydrogens is 316 g/mol. The zero-order valence-corrected chi connectivity index (χ0v) is 13.8. The summed E-state index contributed by atoms with van der Waals surface area (Å²) < 4.78 is 30.1. The van der Waals surface area contributed by atoms with Crippen molar-refractivity contribution in [3.8, 4) is 0 Å². The van der Waals surface area contributed by atoms with Crippen LogP contribution in [0.2, 0.25) is 0 Å². The third-order valence-electron chi connectivity index (χ3n) is 4.14. The average molecular weight is 336 g/mol. The van der Waals surface area contributed by atoms with Crippen LogP contribution >= 0.6 is 0 Å². The van der Waals surface area contributed by atoms with Crippen molar-refractivity contribution in [1.29, 1.82) is 0 Å². The van der Waals surface area contributed by atoms with Crippen molar-refractivity contribution in [2.75, 3.05) is 25.2 Å². The van der Waals surface area contributed by atoms with Crippen molar-refractivity contribution in [3.05, 3.63) is 36.0 Å². The predicted octanol–water partition coefficient (Wildman–Crippen LogP) is 1.20. The second kappa shape index (κ2) is 6.33. The van der Waals surface area contributed by atoms with Crippen LogP contribution in [0.4, 0.5) is 0 Å². The SMILES string of the molecule is COCCn1ccc2cc(C(=O)NC3CCS(=O)(=O)C3)ccc21. The molecule has 0 saturated carbocycles. The van der Waals surface area contributed by atoms with E-state index >= 15 is 0 Å². The van der Waals surface area contributed by atoms with Gasteiger partial charge >= 0.3 is 0 Å². The van der Waals surface area contributed by atoms with Crippen LogP contribution < -0.4 is 5.32 Å². The predicted molar refractivity (Wildman–Crippen MR) is 88.3 cm³/mol. The zero-order valence-electron chi connectivity index (χ0n) is 13.0. The number of aromatic nitrogens is 1. The molecule has 1 unspecified atom stereocenters. The van der Waals surface area contributed by atoms with Crippen molar-refractivity contribution < 1.29 is 17.9 Å². The fourth-order valence-corrected chi connectivity index (χ4v) is 4.58. The van der Waals surface area contributed by atoms with E-state index in [-0.39, 0.29) is 23.5 Å². The van der Waals surface area contributed by atoms with Gasteiger partial charge in [0.15, 0.2) is 9.84 Å². The highest BCUT2D eigenvalue weighted by atomic mass is 32.2. The summed E-state index contributed by atoms with van der Waals surface area (Å²) in [5.41, 5.74) is 1.59. The summed E-state index contributed by atoms with van der Waals surface area (Å²) in [5, 5.41) is 3.79. The topological polar surface area (TPSA) is 77.4 Å². The number of fused-ring (bicyclic) bond motifs is 1. The van der Waals surface area contributed by atoms with Crippen LogP contribution in [-0.2, 0) is 21.1 Å². The van der Waals surface area contributed by atoms with E-state index in [0.29, 0.717) is 18.6 Å². The molecule has 2 heterocycles. The van der Waals surface area contributed by atoms with Crippen LogP contribution in [-0.4, -0.2) is 50.2 Å². The highest BCUT2D eigenvalue weighted by Gasteiger charge is 2.29. The maximum atomic E-state index is 12.3. The lowest BCUT2D eigenvalue weighted by Crippen LogP contribution is -2.35. The molecule has 2 aromatic rings. The van der Waals surface area contributed by atoms with Gasteiger partial charge in [0, 0.05) is 42.4 Å². The van der Waals surface area contributed by atoms with Crippen LogP contribution in [0.15, 0.2) is 30.5 Å². The molecule has 0 spiro atoms. The fraction of sp³-hybridized carbons (Fsp3) is 0.438. The van der Waals surface area contributed by atoms with Crippen LogP contribution in [0.3, 0.4) is 0 Å². The van der Waals surface area contributed by atoms with Gasteiger partial charge in [-0.15, -0.1) is 0 Å². The number of hydrogen-bond donors (Lipinski definition) is 1. The van der Waals surface area contributed by atoms with Crippen LogP contribution in [0.5, 0.6) is 0 Å². The molecule has 1 aromatic heterocycles. The second-order valence-electron chi connectivity index (χ2n) is 5.85. The summed E-state index contributed by atoms with van der Waals surface area (Å²) in [6, 6.07) is 7.18. The molecule has 0 bridgehead atoms. The van der Waals surface area contributed by atoms with Gasteiger partial charge in [-0.2, -0.15) is 0 Å². The molecule has 7 heteroatoms. The summed E-state index contributed by atoms with van der Waals surface area (Å²) in [7, 11) is -1.33. The summed E-state index contributed by atoms with van der Waals surface area (Å²) in [6.07, 6.45) is 2.46. The zero-order chi connectivity index (χ0) is 16.4. The number of ether oxygens (including phenoxy) is 1. The number of rotatable bonds is 5. The Morgan fingerprint density at radius 1 is 1.39 bits per heavy atom. The Kier molecular flexibility index (Phi) is 4.41. The van der Waals surface area contributed by atoms with E-state index < -0.39 is 9.84 Å². The van der Waals surface area contributed by atoms with Crippen LogP contribution in [0.1, 0.15) is 16.8 Å². The third-order valence-corrected chi connectivity index (χ3v) is 5.91. The van der Waals surface area contributed by atoms with Gasteiger partial charge in [-0.1, -0.05) is 0 Å². The number of benzene rings is 1. The molecule has 6 nitrogen and oxygen atoms in total. The van der Waals surface area contributed by atoms with Gasteiger partial charge in [0.1, 0.15) is 0 Å². The Bertz CT molecular complexity index is 826. The first-order chi connectivity index (χ1) is 11.0. The molecule has 1 aliphatic rings. The number of sulfone groups is 1. The molecule has 0 aliphatic carbocycles. The second-order valence-corrected chi connectivity index (χ2v) is 8.08. The maximum absolute atomic E-state index is 12.3. The summed E-state index contributed by atoms with van der Waals surface area (Å²) >= 11 is 0.